The Bertz CT molecular complexity index is 641. The summed E-state index contributed by atoms with van der Waals surface area (Å²) in [6, 6.07) is 8.58. The van der Waals surface area contributed by atoms with E-state index >= 15 is 0 Å². The van der Waals surface area contributed by atoms with Crippen molar-refractivity contribution in [1.29, 1.82) is 0 Å². The third-order valence-corrected chi connectivity index (χ3v) is 2.64. The van der Waals surface area contributed by atoms with Gasteiger partial charge in [0.25, 0.3) is 5.91 Å². The molecule has 5 nitrogen and oxygen atoms in total. The molecule has 6 heteroatoms. The largest absolute Gasteiger partial charge is 0.478 e. The van der Waals surface area contributed by atoms with Crippen molar-refractivity contribution < 1.29 is 19.1 Å². The summed E-state index contributed by atoms with van der Waals surface area (Å²) >= 11 is 0. The van der Waals surface area contributed by atoms with E-state index in [9.17, 15) is 14.0 Å². The van der Waals surface area contributed by atoms with Crippen molar-refractivity contribution in [3.8, 4) is 0 Å². The average Bonchev–Trinajstić information content (AvgIpc) is 2.45. The van der Waals surface area contributed by atoms with Gasteiger partial charge in [-0.05, 0) is 23.8 Å². The van der Waals surface area contributed by atoms with Crippen molar-refractivity contribution in [2.45, 2.75) is 6.54 Å². The van der Waals surface area contributed by atoms with Gasteiger partial charge in [0, 0.05) is 24.4 Å². The van der Waals surface area contributed by atoms with Crippen LogP contribution in [0.3, 0.4) is 0 Å². The fourth-order valence-electron chi connectivity index (χ4n) is 1.59. The molecule has 2 rings (SSSR count). The van der Waals surface area contributed by atoms with Gasteiger partial charge in [0.15, 0.2) is 0 Å². The lowest BCUT2D eigenvalue weighted by molar-refractivity contribution is 0.0696. The van der Waals surface area contributed by atoms with E-state index in [1.165, 1.54) is 24.4 Å². The second kappa shape index (κ2) is 5.92. The molecule has 0 saturated carbocycles. The van der Waals surface area contributed by atoms with Gasteiger partial charge in [-0.2, -0.15) is 4.39 Å². The SMILES string of the molecule is O=C(O)c1ccc(CNC(=O)c2ccnc(F)c2)cc1. The monoisotopic (exact) mass is 274 g/mol. The molecule has 1 aromatic heterocycles. The van der Waals surface area contributed by atoms with Crippen molar-refractivity contribution >= 4 is 11.9 Å². The second-order valence-corrected chi connectivity index (χ2v) is 4.05. The smallest absolute Gasteiger partial charge is 0.335 e. The maximum Gasteiger partial charge on any atom is 0.335 e. The molecule has 0 unspecified atom stereocenters. The van der Waals surface area contributed by atoms with E-state index in [0.29, 0.717) is 0 Å². The first-order valence-corrected chi connectivity index (χ1v) is 5.78. The summed E-state index contributed by atoms with van der Waals surface area (Å²) in [5.74, 6) is -2.15. The van der Waals surface area contributed by atoms with Crippen molar-refractivity contribution in [1.82, 2.24) is 10.3 Å². The van der Waals surface area contributed by atoms with Crippen LogP contribution in [0.1, 0.15) is 26.3 Å². The van der Waals surface area contributed by atoms with Crippen molar-refractivity contribution in [2.24, 2.45) is 0 Å². The van der Waals surface area contributed by atoms with Crippen LogP contribution in [0.4, 0.5) is 4.39 Å². The molecule has 2 aromatic rings. The third-order valence-electron chi connectivity index (χ3n) is 2.64. The quantitative estimate of drug-likeness (QED) is 0.834. The summed E-state index contributed by atoms with van der Waals surface area (Å²) in [7, 11) is 0. The molecule has 1 aromatic carbocycles. The maximum atomic E-state index is 12.9. The van der Waals surface area contributed by atoms with Crippen LogP contribution < -0.4 is 5.32 Å². The van der Waals surface area contributed by atoms with Gasteiger partial charge in [0.1, 0.15) is 0 Å². The van der Waals surface area contributed by atoms with Crippen LogP contribution in [0.2, 0.25) is 0 Å². The zero-order chi connectivity index (χ0) is 14.5. The highest BCUT2D eigenvalue weighted by Crippen LogP contribution is 2.05. The average molecular weight is 274 g/mol. The molecule has 0 aliphatic rings. The van der Waals surface area contributed by atoms with E-state index in [1.54, 1.807) is 12.1 Å². The highest BCUT2D eigenvalue weighted by molar-refractivity contribution is 5.94. The Morgan fingerprint density at radius 2 is 1.85 bits per heavy atom. The van der Waals surface area contributed by atoms with Gasteiger partial charge in [0.05, 0.1) is 5.56 Å². The lowest BCUT2D eigenvalue weighted by atomic mass is 10.1. The van der Waals surface area contributed by atoms with Gasteiger partial charge in [-0.1, -0.05) is 12.1 Å². The summed E-state index contributed by atoms with van der Waals surface area (Å²) in [6.07, 6.45) is 1.21. The zero-order valence-corrected chi connectivity index (χ0v) is 10.3. The van der Waals surface area contributed by atoms with E-state index in [1.807, 2.05) is 0 Å². The molecule has 102 valence electrons. The highest BCUT2D eigenvalue weighted by atomic mass is 19.1. The summed E-state index contributed by atoms with van der Waals surface area (Å²) in [5.41, 5.74) is 1.11. The summed E-state index contributed by atoms with van der Waals surface area (Å²) in [4.78, 5) is 25.8. The van der Waals surface area contributed by atoms with Crippen LogP contribution in [0.25, 0.3) is 0 Å². The number of aromatic carboxylic acids is 1. The molecule has 2 N–H and O–H groups in total. The van der Waals surface area contributed by atoms with Crippen molar-refractivity contribution in [2.75, 3.05) is 0 Å². The standard InChI is InChI=1S/C14H11FN2O3/c15-12-7-11(5-6-16-12)13(18)17-8-9-1-3-10(4-2-9)14(19)20/h1-7H,8H2,(H,17,18)(H,19,20). The van der Waals surface area contributed by atoms with Gasteiger partial charge in [-0.25, -0.2) is 9.78 Å². The molecule has 1 heterocycles. The number of hydrogen-bond acceptors (Lipinski definition) is 3. The summed E-state index contributed by atoms with van der Waals surface area (Å²) in [6.45, 7) is 0.225. The maximum absolute atomic E-state index is 12.9. The third kappa shape index (κ3) is 3.38. The minimum absolute atomic E-state index is 0.177. The number of aromatic nitrogens is 1. The number of halogens is 1. The number of benzene rings is 1. The fraction of sp³-hybridized carbons (Fsp3) is 0.0714. The number of carbonyl (C=O) groups excluding carboxylic acids is 1. The molecule has 0 spiro atoms. The van der Waals surface area contributed by atoms with Crippen LogP contribution in [0.5, 0.6) is 0 Å². The van der Waals surface area contributed by atoms with E-state index < -0.39 is 17.8 Å². The first-order chi connectivity index (χ1) is 9.56. The van der Waals surface area contributed by atoms with Crippen LogP contribution in [-0.4, -0.2) is 22.0 Å². The molecule has 0 aliphatic carbocycles. The molecule has 0 aliphatic heterocycles. The molecule has 20 heavy (non-hydrogen) atoms. The van der Waals surface area contributed by atoms with Gasteiger partial charge in [0.2, 0.25) is 5.95 Å². The van der Waals surface area contributed by atoms with Crippen LogP contribution in [-0.2, 0) is 6.54 Å². The van der Waals surface area contributed by atoms with E-state index in [2.05, 4.69) is 10.3 Å². The Hall–Kier alpha value is -2.76. The minimum atomic E-state index is -1.01. The first kappa shape index (κ1) is 13.7. The Kier molecular flexibility index (Phi) is 4.05. The lowest BCUT2D eigenvalue weighted by Crippen LogP contribution is -2.23. The Balaban J connectivity index is 1.98. The van der Waals surface area contributed by atoms with E-state index in [4.69, 9.17) is 5.11 Å². The number of carboxylic acid groups (broad SMARTS) is 1. The lowest BCUT2D eigenvalue weighted by Gasteiger charge is -2.05. The number of carbonyl (C=O) groups is 2. The molecule has 0 radical (unpaired) electrons. The van der Waals surface area contributed by atoms with Crippen molar-refractivity contribution in [3.63, 3.8) is 0 Å². The number of amides is 1. The number of hydrogen-bond donors (Lipinski definition) is 2. The fourth-order valence-corrected chi connectivity index (χ4v) is 1.59. The molecular weight excluding hydrogens is 263 g/mol. The zero-order valence-electron chi connectivity index (χ0n) is 10.3. The summed E-state index contributed by atoms with van der Waals surface area (Å²) < 4.78 is 12.9. The predicted molar refractivity (Wildman–Crippen MR) is 68.8 cm³/mol. The number of nitrogens with zero attached hydrogens (tertiary/aromatic N) is 1. The molecule has 1 amide bonds. The van der Waals surface area contributed by atoms with Crippen LogP contribution in [0, 0.1) is 5.95 Å². The summed E-state index contributed by atoms with van der Waals surface area (Å²) in [5, 5.41) is 11.4. The molecular formula is C14H11FN2O3. The molecule has 0 fully saturated rings. The normalized spacial score (nSPS) is 10.1. The van der Waals surface area contributed by atoms with Gasteiger partial charge in [-0.3, -0.25) is 4.79 Å². The molecule has 0 saturated heterocycles. The highest BCUT2D eigenvalue weighted by Gasteiger charge is 2.07. The Morgan fingerprint density at radius 1 is 1.15 bits per heavy atom. The molecule has 0 bridgehead atoms. The molecule has 0 atom stereocenters. The van der Waals surface area contributed by atoms with E-state index in [0.717, 1.165) is 11.6 Å². The predicted octanol–water partition coefficient (Wildman–Crippen LogP) is 1.85. The number of pyridine rings is 1. The van der Waals surface area contributed by atoms with Crippen LogP contribution >= 0.6 is 0 Å². The van der Waals surface area contributed by atoms with Gasteiger partial charge in [-0.15, -0.1) is 0 Å². The van der Waals surface area contributed by atoms with E-state index in [-0.39, 0.29) is 17.7 Å². The van der Waals surface area contributed by atoms with Crippen molar-refractivity contribution in [3.05, 3.63) is 65.2 Å². The Morgan fingerprint density at radius 3 is 2.45 bits per heavy atom. The van der Waals surface area contributed by atoms with Crippen LogP contribution in [0.15, 0.2) is 42.6 Å². The van der Waals surface area contributed by atoms with Gasteiger partial charge < -0.3 is 10.4 Å². The second-order valence-electron chi connectivity index (χ2n) is 4.05. The minimum Gasteiger partial charge on any atom is -0.478 e. The number of rotatable bonds is 4. The number of carboxylic acids is 1. The Labute approximate surface area is 114 Å². The van der Waals surface area contributed by atoms with Gasteiger partial charge >= 0.3 is 5.97 Å². The topological polar surface area (TPSA) is 79.3 Å². The number of nitrogens with one attached hydrogen (secondary N) is 1. The first-order valence-electron chi connectivity index (χ1n) is 5.78.